The lowest BCUT2D eigenvalue weighted by Gasteiger charge is -2.21. The van der Waals surface area contributed by atoms with E-state index in [2.05, 4.69) is 5.32 Å². The number of pyridine rings is 1. The average Bonchev–Trinajstić information content (AvgIpc) is 2.70. The molecule has 1 amide bonds. The van der Waals surface area contributed by atoms with Gasteiger partial charge in [-0.25, -0.2) is 4.79 Å². The molecule has 2 aromatic carbocycles. The highest BCUT2D eigenvalue weighted by Crippen LogP contribution is 2.34. The third kappa shape index (κ3) is 5.17. The van der Waals surface area contributed by atoms with Gasteiger partial charge in [0, 0.05) is 29.6 Å². The second-order valence-corrected chi connectivity index (χ2v) is 8.47. The molecule has 1 aromatic heterocycles. The van der Waals surface area contributed by atoms with Crippen LogP contribution >= 0.6 is 11.6 Å². The van der Waals surface area contributed by atoms with Crippen LogP contribution in [0.4, 0.5) is 10.5 Å². The first-order valence-electron chi connectivity index (χ1n) is 9.66. The Morgan fingerprint density at radius 1 is 1.16 bits per heavy atom. The number of nitro benzene ring substituents is 1. The number of non-ortho nitro benzene ring substituents is 1. The Kier molecular flexibility index (Phi) is 6.40. The number of nitrogens with zero attached hydrogens (tertiary/aromatic N) is 2. The molecular weight excluding hydrogens is 438 g/mol. The van der Waals surface area contributed by atoms with E-state index < -0.39 is 16.6 Å². The smallest absolute Gasteiger partial charge is 0.407 e. The van der Waals surface area contributed by atoms with E-state index in [0.717, 1.165) is 0 Å². The number of nitrogens with one attached hydrogen (secondary N) is 1. The number of nitro groups is 1. The molecule has 0 saturated heterocycles. The summed E-state index contributed by atoms with van der Waals surface area (Å²) >= 11 is 6.16. The highest BCUT2D eigenvalue weighted by molar-refractivity contribution is 6.31. The number of hydrogen-bond acceptors (Lipinski definition) is 6. The molecule has 1 heterocycles. The predicted molar refractivity (Wildman–Crippen MR) is 120 cm³/mol. The SMILES string of the molecule is Cn1c(CNC(=O)OC(C)(C)C)c(Oc2ccc([N+](=O)[O-])cc2)c2cc(Cl)ccc2c1=O. The van der Waals surface area contributed by atoms with E-state index >= 15 is 0 Å². The largest absolute Gasteiger partial charge is 0.455 e. The maximum atomic E-state index is 12.9. The van der Waals surface area contributed by atoms with Gasteiger partial charge in [-0.3, -0.25) is 14.9 Å². The van der Waals surface area contributed by atoms with E-state index in [9.17, 15) is 19.7 Å². The number of carbonyl (C=O) groups excluding carboxylic acids is 1. The number of hydrogen-bond donors (Lipinski definition) is 1. The van der Waals surface area contributed by atoms with Crippen molar-refractivity contribution in [1.82, 2.24) is 9.88 Å². The first-order valence-corrected chi connectivity index (χ1v) is 10.0. The lowest BCUT2D eigenvalue weighted by Crippen LogP contribution is -2.34. The number of rotatable bonds is 5. The van der Waals surface area contributed by atoms with Gasteiger partial charge in [-0.15, -0.1) is 0 Å². The monoisotopic (exact) mass is 459 g/mol. The fourth-order valence-corrected chi connectivity index (χ4v) is 3.21. The summed E-state index contributed by atoms with van der Waals surface area (Å²) in [5, 5.41) is 14.8. The van der Waals surface area contributed by atoms with Crippen molar-refractivity contribution in [2.24, 2.45) is 7.05 Å². The zero-order chi connectivity index (χ0) is 23.6. The molecule has 3 aromatic rings. The molecule has 0 bridgehead atoms. The molecule has 0 spiro atoms. The molecule has 0 aliphatic heterocycles. The topological polar surface area (TPSA) is 113 Å². The Morgan fingerprint density at radius 3 is 2.41 bits per heavy atom. The minimum absolute atomic E-state index is 0.0641. The van der Waals surface area contributed by atoms with E-state index in [1.807, 2.05) is 0 Å². The minimum Gasteiger partial charge on any atom is -0.455 e. The molecule has 0 unspecified atom stereocenters. The highest BCUT2D eigenvalue weighted by atomic mass is 35.5. The van der Waals surface area contributed by atoms with Crippen molar-refractivity contribution in [3.63, 3.8) is 0 Å². The summed E-state index contributed by atoms with van der Waals surface area (Å²) in [4.78, 5) is 35.5. The summed E-state index contributed by atoms with van der Waals surface area (Å²) in [5.74, 6) is 0.601. The first-order chi connectivity index (χ1) is 15.0. The van der Waals surface area contributed by atoms with Crippen LogP contribution < -0.4 is 15.6 Å². The van der Waals surface area contributed by atoms with Crippen molar-refractivity contribution in [3.8, 4) is 11.5 Å². The van der Waals surface area contributed by atoms with Crippen molar-refractivity contribution >= 4 is 34.2 Å². The Balaban J connectivity index is 2.08. The van der Waals surface area contributed by atoms with Crippen molar-refractivity contribution < 1.29 is 19.2 Å². The summed E-state index contributed by atoms with van der Waals surface area (Å²) in [5.41, 5.74) is -0.703. The van der Waals surface area contributed by atoms with Crippen LogP contribution in [0.2, 0.25) is 5.02 Å². The van der Waals surface area contributed by atoms with Gasteiger partial charge < -0.3 is 19.4 Å². The van der Waals surface area contributed by atoms with Gasteiger partial charge in [0.05, 0.1) is 22.5 Å². The number of aromatic nitrogens is 1. The quantitative estimate of drug-likeness (QED) is 0.428. The molecule has 0 atom stereocenters. The fourth-order valence-electron chi connectivity index (χ4n) is 3.04. The first kappa shape index (κ1) is 23.1. The summed E-state index contributed by atoms with van der Waals surface area (Å²) in [6, 6.07) is 10.3. The Morgan fingerprint density at radius 2 is 1.81 bits per heavy atom. The molecule has 0 fully saturated rings. The number of benzene rings is 2. The lowest BCUT2D eigenvalue weighted by atomic mass is 10.1. The fraction of sp³-hybridized carbons (Fsp3) is 0.273. The third-order valence-electron chi connectivity index (χ3n) is 4.49. The number of fused-ring (bicyclic) bond motifs is 1. The van der Waals surface area contributed by atoms with Gasteiger partial charge >= 0.3 is 6.09 Å². The van der Waals surface area contributed by atoms with Crippen LogP contribution in [0, 0.1) is 10.1 Å². The molecular formula is C22H22ClN3O6. The highest BCUT2D eigenvalue weighted by Gasteiger charge is 2.21. The summed E-state index contributed by atoms with van der Waals surface area (Å²) < 4.78 is 12.7. The lowest BCUT2D eigenvalue weighted by molar-refractivity contribution is -0.384. The molecule has 1 N–H and O–H groups in total. The van der Waals surface area contributed by atoms with E-state index in [0.29, 0.717) is 27.2 Å². The van der Waals surface area contributed by atoms with Crippen LogP contribution in [0.1, 0.15) is 26.5 Å². The van der Waals surface area contributed by atoms with Gasteiger partial charge in [-0.2, -0.15) is 0 Å². The molecule has 32 heavy (non-hydrogen) atoms. The molecule has 9 nitrogen and oxygen atoms in total. The zero-order valence-electron chi connectivity index (χ0n) is 18.0. The van der Waals surface area contributed by atoms with E-state index in [4.69, 9.17) is 21.1 Å². The van der Waals surface area contributed by atoms with Gasteiger partial charge in [-0.05, 0) is 51.1 Å². The van der Waals surface area contributed by atoms with E-state index in [-0.39, 0.29) is 23.5 Å². The van der Waals surface area contributed by atoms with E-state index in [1.54, 1.807) is 46.0 Å². The molecule has 3 rings (SSSR count). The molecule has 0 saturated carbocycles. The number of halogens is 1. The van der Waals surface area contributed by atoms with Crippen molar-refractivity contribution in [2.45, 2.75) is 32.9 Å². The number of ether oxygens (including phenoxy) is 2. The standard InChI is InChI=1S/C22H22ClN3O6/c1-22(2,3)32-21(28)24-12-18-19(31-15-8-6-14(7-9-15)26(29)30)17-11-13(23)5-10-16(17)20(27)25(18)4/h5-11H,12H2,1-4H3,(H,24,28). The molecule has 0 aliphatic rings. The summed E-state index contributed by atoms with van der Waals surface area (Å²) in [7, 11) is 1.56. The minimum atomic E-state index is -0.690. The normalized spacial score (nSPS) is 11.3. The van der Waals surface area contributed by atoms with Crippen LogP contribution in [0.5, 0.6) is 11.5 Å². The van der Waals surface area contributed by atoms with Crippen molar-refractivity contribution in [2.75, 3.05) is 0 Å². The van der Waals surface area contributed by atoms with Crippen LogP contribution in [0.15, 0.2) is 47.3 Å². The molecule has 0 radical (unpaired) electrons. The summed E-state index contributed by atoms with van der Waals surface area (Å²) in [6.45, 7) is 5.15. The number of amides is 1. The predicted octanol–water partition coefficient (Wildman–Crippen LogP) is 4.92. The van der Waals surface area contributed by atoms with Gasteiger partial charge in [0.1, 0.15) is 11.4 Å². The second-order valence-electron chi connectivity index (χ2n) is 8.04. The maximum absolute atomic E-state index is 12.9. The number of alkyl carbamates (subject to hydrolysis) is 1. The van der Waals surface area contributed by atoms with E-state index in [1.165, 1.54) is 28.8 Å². The van der Waals surface area contributed by atoms with Crippen LogP contribution in [-0.4, -0.2) is 21.2 Å². The van der Waals surface area contributed by atoms with Crippen molar-refractivity contribution in [1.29, 1.82) is 0 Å². The second kappa shape index (κ2) is 8.88. The molecule has 10 heteroatoms. The Labute approximate surface area is 188 Å². The van der Waals surface area contributed by atoms with Gasteiger partial charge in [-0.1, -0.05) is 11.6 Å². The zero-order valence-corrected chi connectivity index (χ0v) is 18.7. The third-order valence-corrected chi connectivity index (χ3v) is 4.73. The Bertz CT molecular complexity index is 1250. The van der Waals surface area contributed by atoms with Crippen LogP contribution in [0.25, 0.3) is 10.8 Å². The van der Waals surface area contributed by atoms with Crippen LogP contribution in [-0.2, 0) is 18.3 Å². The van der Waals surface area contributed by atoms with Crippen LogP contribution in [0.3, 0.4) is 0 Å². The van der Waals surface area contributed by atoms with Gasteiger partial charge in [0.2, 0.25) is 0 Å². The molecule has 168 valence electrons. The maximum Gasteiger partial charge on any atom is 0.407 e. The number of carbonyl (C=O) groups is 1. The average molecular weight is 460 g/mol. The van der Waals surface area contributed by atoms with Crippen molar-refractivity contribution in [3.05, 3.63) is 73.6 Å². The Hall–Kier alpha value is -3.59. The summed E-state index contributed by atoms with van der Waals surface area (Å²) in [6.07, 6.45) is -0.655. The van der Waals surface area contributed by atoms with Gasteiger partial charge in [0.15, 0.2) is 5.75 Å². The van der Waals surface area contributed by atoms with Gasteiger partial charge in [0.25, 0.3) is 11.2 Å². The molecule has 0 aliphatic carbocycles.